The third kappa shape index (κ3) is 4.17. The van der Waals surface area contributed by atoms with Crippen molar-refractivity contribution in [1.82, 2.24) is 10.2 Å². The van der Waals surface area contributed by atoms with Crippen molar-refractivity contribution in [2.75, 3.05) is 19.6 Å². The van der Waals surface area contributed by atoms with Crippen LogP contribution in [0.5, 0.6) is 0 Å². The van der Waals surface area contributed by atoms with Crippen molar-refractivity contribution in [3.63, 3.8) is 0 Å². The number of nitrogens with zero attached hydrogens (tertiary/aromatic N) is 2. The first-order chi connectivity index (χ1) is 8.63. The molecule has 1 N–H and O–H groups in total. The number of ether oxygens (including phenoxy) is 1. The highest BCUT2D eigenvalue weighted by Gasteiger charge is 2.41. The quantitative estimate of drug-likeness (QED) is 0.843. The second kappa shape index (κ2) is 4.73. The topological polar surface area (TPSA) is 48.3 Å². The lowest BCUT2D eigenvalue weighted by Gasteiger charge is -2.48. The molecule has 0 amide bonds. The van der Waals surface area contributed by atoms with Crippen molar-refractivity contribution < 1.29 is 4.74 Å². The Kier molecular flexibility index (Phi) is 3.68. The number of nitriles is 1. The van der Waals surface area contributed by atoms with Gasteiger partial charge in [-0.15, -0.1) is 0 Å². The van der Waals surface area contributed by atoms with Crippen molar-refractivity contribution >= 4 is 0 Å². The monoisotopic (exact) mass is 265 g/mol. The molecule has 0 aromatic rings. The normalized spacial score (nSPS) is 29.5. The maximum absolute atomic E-state index is 9.48. The zero-order chi connectivity index (χ0) is 14.3. The maximum Gasteiger partial charge on any atom is 0.116 e. The van der Waals surface area contributed by atoms with Crippen molar-refractivity contribution in [3.05, 3.63) is 0 Å². The molecule has 1 saturated carbocycles. The van der Waals surface area contributed by atoms with Gasteiger partial charge in [-0.1, -0.05) is 0 Å². The highest BCUT2D eigenvalue weighted by molar-refractivity contribution is 5.10. The first kappa shape index (κ1) is 14.8. The van der Waals surface area contributed by atoms with Gasteiger partial charge in [0, 0.05) is 25.7 Å². The molecule has 4 heteroatoms. The molecule has 1 unspecified atom stereocenters. The van der Waals surface area contributed by atoms with Crippen LogP contribution in [0.2, 0.25) is 0 Å². The summed E-state index contributed by atoms with van der Waals surface area (Å²) in [6.07, 6.45) is 2.41. The summed E-state index contributed by atoms with van der Waals surface area (Å²) in [6.45, 7) is 13.0. The third-order valence-corrected chi connectivity index (χ3v) is 3.65. The molecular weight excluding hydrogens is 238 g/mol. The molecule has 0 radical (unpaired) electrons. The number of hydrogen-bond acceptors (Lipinski definition) is 4. The van der Waals surface area contributed by atoms with Crippen LogP contribution in [0.25, 0.3) is 0 Å². The molecule has 108 valence electrons. The highest BCUT2D eigenvalue weighted by Crippen LogP contribution is 2.29. The second-order valence-electron chi connectivity index (χ2n) is 7.63. The van der Waals surface area contributed by atoms with Gasteiger partial charge in [-0.05, 0) is 47.5 Å². The van der Waals surface area contributed by atoms with Gasteiger partial charge >= 0.3 is 0 Å². The number of hydrogen-bond donors (Lipinski definition) is 1. The molecule has 2 fully saturated rings. The van der Waals surface area contributed by atoms with E-state index in [0.29, 0.717) is 6.04 Å². The van der Waals surface area contributed by atoms with E-state index in [1.165, 1.54) is 12.8 Å². The van der Waals surface area contributed by atoms with Crippen LogP contribution in [-0.4, -0.2) is 47.3 Å². The Morgan fingerprint density at radius 1 is 1.26 bits per heavy atom. The zero-order valence-electron chi connectivity index (χ0n) is 12.9. The molecule has 19 heavy (non-hydrogen) atoms. The fraction of sp³-hybridized carbons (Fsp3) is 0.933. The fourth-order valence-corrected chi connectivity index (χ4v) is 3.30. The Hall–Kier alpha value is -0.630. The van der Waals surface area contributed by atoms with E-state index in [0.717, 1.165) is 19.6 Å². The van der Waals surface area contributed by atoms with Crippen LogP contribution < -0.4 is 5.32 Å². The molecule has 2 aliphatic rings. The molecule has 0 aromatic heterocycles. The van der Waals surface area contributed by atoms with E-state index in [4.69, 9.17) is 4.74 Å². The van der Waals surface area contributed by atoms with Crippen molar-refractivity contribution in [1.29, 1.82) is 5.26 Å². The van der Waals surface area contributed by atoms with Crippen molar-refractivity contribution in [2.24, 2.45) is 0 Å². The lowest BCUT2D eigenvalue weighted by Crippen LogP contribution is -2.61. The first-order valence-electron chi connectivity index (χ1n) is 7.25. The van der Waals surface area contributed by atoms with E-state index < -0.39 is 5.54 Å². The fourth-order valence-electron chi connectivity index (χ4n) is 3.30. The van der Waals surface area contributed by atoms with Gasteiger partial charge in [-0.2, -0.15) is 5.26 Å². The summed E-state index contributed by atoms with van der Waals surface area (Å²) < 4.78 is 6.09. The minimum atomic E-state index is -0.454. The van der Waals surface area contributed by atoms with Gasteiger partial charge in [0.05, 0.1) is 17.3 Å². The minimum absolute atomic E-state index is 0.155. The van der Waals surface area contributed by atoms with Gasteiger partial charge in [0.1, 0.15) is 5.54 Å². The minimum Gasteiger partial charge on any atom is -0.367 e. The summed E-state index contributed by atoms with van der Waals surface area (Å²) in [4.78, 5) is 2.36. The molecule has 0 bridgehead atoms. The summed E-state index contributed by atoms with van der Waals surface area (Å²) in [6, 6.07) is 3.01. The third-order valence-electron chi connectivity index (χ3n) is 3.65. The standard InChI is InChI=1S/C15H27N3O/c1-13(2)9-18(10-14(3,4)19-13)11-15(5,8-16)17-12-6-7-12/h12,17H,6-7,9-11H2,1-5H3. The SMILES string of the molecule is CC(C#N)(CN1CC(C)(C)OC(C)(C)C1)NC1CC1. The number of morpholine rings is 1. The van der Waals surface area contributed by atoms with Crippen LogP contribution in [0.3, 0.4) is 0 Å². The number of rotatable bonds is 4. The average Bonchev–Trinajstić information content (AvgIpc) is 2.96. The molecule has 4 nitrogen and oxygen atoms in total. The summed E-state index contributed by atoms with van der Waals surface area (Å²) in [7, 11) is 0. The molecule has 0 spiro atoms. The van der Waals surface area contributed by atoms with Crippen LogP contribution in [0.4, 0.5) is 0 Å². The van der Waals surface area contributed by atoms with E-state index >= 15 is 0 Å². The van der Waals surface area contributed by atoms with E-state index in [-0.39, 0.29) is 11.2 Å². The van der Waals surface area contributed by atoms with E-state index in [2.05, 4.69) is 44.0 Å². The first-order valence-corrected chi connectivity index (χ1v) is 7.25. The summed E-state index contributed by atoms with van der Waals surface area (Å²) >= 11 is 0. The van der Waals surface area contributed by atoms with Crippen molar-refractivity contribution in [2.45, 2.75) is 70.2 Å². The van der Waals surface area contributed by atoms with E-state index in [9.17, 15) is 5.26 Å². The maximum atomic E-state index is 9.48. The Morgan fingerprint density at radius 3 is 2.21 bits per heavy atom. The molecule has 1 aliphatic heterocycles. The molecule has 1 saturated heterocycles. The Labute approximate surface area is 117 Å². The van der Waals surface area contributed by atoms with Gasteiger partial charge in [0.2, 0.25) is 0 Å². The molecule has 1 heterocycles. The van der Waals surface area contributed by atoms with Crippen LogP contribution >= 0.6 is 0 Å². The Morgan fingerprint density at radius 2 is 1.79 bits per heavy atom. The van der Waals surface area contributed by atoms with Gasteiger partial charge in [0.25, 0.3) is 0 Å². The molecule has 1 atom stereocenters. The van der Waals surface area contributed by atoms with Crippen LogP contribution in [-0.2, 0) is 4.74 Å². The molecule has 1 aliphatic carbocycles. The van der Waals surface area contributed by atoms with Gasteiger partial charge in [-0.25, -0.2) is 0 Å². The Balaban J connectivity index is 2.02. The predicted molar refractivity (Wildman–Crippen MR) is 75.9 cm³/mol. The van der Waals surface area contributed by atoms with Gasteiger partial charge in [0.15, 0.2) is 0 Å². The van der Waals surface area contributed by atoms with E-state index in [1.54, 1.807) is 0 Å². The van der Waals surface area contributed by atoms with Crippen LogP contribution in [0, 0.1) is 11.3 Å². The van der Waals surface area contributed by atoms with Crippen LogP contribution in [0.1, 0.15) is 47.5 Å². The average molecular weight is 265 g/mol. The van der Waals surface area contributed by atoms with Gasteiger partial charge < -0.3 is 4.74 Å². The van der Waals surface area contributed by atoms with Crippen LogP contribution in [0.15, 0.2) is 0 Å². The summed E-state index contributed by atoms with van der Waals surface area (Å²) in [5, 5.41) is 13.0. The molecule has 2 rings (SSSR count). The predicted octanol–water partition coefficient (Wildman–Crippen LogP) is 1.91. The molecule has 0 aromatic carbocycles. The highest BCUT2D eigenvalue weighted by atomic mass is 16.5. The lowest BCUT2D eigenvalue weighted by molar-refractivity contribution is -0.182. The van der Waals surface area contributed by atoms with E-state index in [1.807, 2.05) is 6.92 Å². The smallest absolute Gasteiger partial charge is 0.116 e. The largest absolute Gasteiger partial charge is 0.367 e. The van der Waals surface area contributed by atoms with Crippen molar-refractivity contribution in [3.8, 4) is 6.07 Å². The zero-order valence-corrected chi connectivity index (χ0v) is 12.9. The lowest BCUT2D eigenvalue weighted by atomic mass is 9.96. The summed E-state index contributed by atoms with van der Waals surface area (Å²) in [5.41, 5.74) is -0.764. The second-order valence-corrected chi connectivity index (χ2v) is 7.63. The molecular formula is C15H27N3O. The Bertz CT molecular complexity index is 365. The summed E-state index contributed by atoms with van der Waals surface area (Å²) in [5.74, 6) is 0. The number of nitrogens with one attached hydrogen (secondary N) is 1. The van der Waals surface area contributed by atoms with Gasteiger partial charge in [-0.3, -0.25) is 10.2 Å².